The quantitative estimate of drug-likeness (QED) is 0.0186. The Kier molecular flexibility index (Phi) is 35.2. The zero-order chi connectivity index (χ0) is 97.8. The summed E-state index contributed by atoms with van der Waals surface area (Å²) in [6.07, 6.45) is -1.57. The van der Waals surface area contributed by atoms with Crippen LogP contribution in [0.15, 0.2) is 243 Å². The first-order chi connectivity index (χ1) is 63.4. The van der Waals surface area contributed by atoms with Gasteiger partial charge in [0.2, 0.25) is 0 Å². The maximum absolute atomic E-state index is 13.5. The number of fused-ring (bicyclic) bond motifs is 5. The van der Waals surface area contributed by atoms with Crippen molar-refractivity contribution in [1.82, 2.24) is 0 Å². The number of esters is 8. The second-order valence-electron chi connectivity index (χ2n) is 27.3. The Labute approximate surface area is 755 Å². The summed E-state index contributed by atoms with van der Waals surface area (Å²) in [6, 6.07) is 51.0. The number of carboxylic acid groups (broad SMARTS) is 3. The van der Waals surface area contributed by atoms with E-state index in [9.17, 15) is 124 Å². The lowest BCUT2D eigenvalue weighted by molar-refractivity contribution is -0.148. The summed E-state index contributed by atoms with van der Waals surface area (Å²) >= 11 is 0. The third-order valence-corrected chi connectivity index (χ3v) is 17.5. The van der Waals surface area contributed by atoms with Crippen LogP contribution < -0.4 is 37.9 Å². The Morgan fingerprint density at radius 2 is 0.426 bits per heavy atom. The van der Waals surface area contributed by atoms with Gasteiger partial charge >= 0.3 is 65.7 Å². The molecule has 0 aromatic heterocycles. The summed E-state index contributed by atoms with van der Waals surface area (Å²) in [5.41, 5.74) is 0.525. The number of carbonyl (C=O) groups excluding carboxylic acids is 8. The molecule has 15 rings (SSSR count). The van der Waals surface area contributed by atoms with E-state index in [0.717, 1.165) is 10.8 Å². The average molecular weight is 1900 g/mol. The predicted molar refractivity (Wildman–Crippen MR) is 453 cm³/mol. The molecule has 0 heterocycles. The van der Waals surface area contributed by atoms with E-state index in [4.69, 9.17) is 58.3 Å². The topological polar surface area (TPSA) is 363 Å². The third-order valence-electron chi connectivity index (χ3n) is 17.5. The number of phenols is 2. The van der Waals surface area contributed by atoms with E-state index < -0.39 is 189 Å². The van der Waals surface area contributed by atoms with Gasteiger partial charge in [0.1, 0.15) is 70.3 Å². The minimum atomic E-state index is -1.70. The van der Waals surface area contributed by atoms with E-state index in [-0.39, 0.29) is 65.9 Å². The minimum Gasteiger partial charge on any atom is -0.508 e. The van der Waals surface area contributed by atoms with Crippen molar-refractivity contribution in [2.45, 2.75) is 41.5 Å². The molecule has 24 nitrogen and oxygen atoms in total. The van der Waals surface area contributed by atoms with Crippen LogP contribution in [0, 0.1) is 87.3 Å². The number of aromatic hydroxyl groups is 2. The van der Waals surface area contributed by atoms with Gasteiger partial charge in [-0.1, -0.05) is 75.5 Å². The largest absolute Gasteiger partial charge is 0.508 e. The Hall–Kier alpha value is -17.7. The van der Waals surface area contributed by atoms with Gasteiger partial charge in [-0.05, 0) is 175 Å². The van der Waals surface area contributed by atoms with E-state index in [1.807, 2.05) is 0 Å². The number of aliphatic carboxylic acids is 2. The molecule has 700 valence electrons. The molecule has 0 aliphatic heterocycles. The number of rotatable bonds is 17. The molecule has 0 unspecified atom stereocenters. The number of halogens is 15. The van der Waals surface area contributed by atoms with Crippen molar-refractivity contribution in [3.05, 3.63) is 358 Å². The summed E-state index contributed by atoms with van der Waals surface area (Å²) in [4.78, 5) is 125. The van der Waals surface area contributed by atoms with Gasteiger partial charge in [0.05, 0.1) is 27.8 Å². The van der Waals surface area contributed by atoms with Gasteiger partial charge in [-0.15, -0.1) is 0 Å². The Morgan fingerprint density at radius 3 is 0.662 bits per heavy atom. The highest BCUT2D eigenvalue weighted by Crippen LogP contribution is 2.33. The number of hydrogen-bond donors (Lipinski definition) is 5. The molecule has 0 spiro atoms. The van der Waals surface area contributed by atoms with E-state index in [2.05, 4.69) is 0 Å². The van der Waals surface area contributed by atoms with Crippen molar-refractivity contribution >= 4 is 120 Å². The molecule has 15 aromatic rings. The van der Waals surface area contributed by atoms with Gasteiger partial charge in [-0.2, -0.15) is 0 Å². The van der Waals surface area contributed by atoms with E-state index in [1.54, 1.807) is 66.7 Å². The van der Waals surface area contributed by atoms with Crippen molar-refractivity contribution in [2.75, 3.05) is 0 Å². The Balaban J connectivity index is 0.000000224. The van der Waals surface area contributed by atoms with Crippen molar-refractivity contribution in [3.8, 4) is 57.5 Å². The van der Waals surface area contributed by atoms with Crippen LogP contribution in [0.4, 0.5) is 65.9 Å². The molecule has 5 N–H and O–H groups in total. The molecule has 15 aromatic carbocycles. The smallest absolute Gasteiger partial charge is 0.343 e. The monoisotopic (exact) mass is 1900 g/mol. The van der Waals surface area contributed by atoms with Crippen LogP contribution in [0.3, 0.4) is 0 Å². The Morgan fingerprint density at radius 1 is 0.221 bits per heavy atom. The van der Waals surface area contributed by atoms with Crippen molar-refractivity contribution < 1.29 is 182 Å². The molecule has 0 fully saturated rings. The third kappa shape index (κ3) is 28.7. The number of carbonyl (C=O) groups is 11. The van der Waals surface area contributed by atoms with E-state index >= 15 is 0 Å². The maximum atomic E-state index is 13.5. The fraction of sp³-hybridized carbons (Fsp3) is 0.0619. The highest BCUT2D eigenvalue weighted by atomic mass is 19.2. The first-order valence-electron chi connectivity index (χ1n) is 37.5. The summed E-state index contributed by atoms with van der Waals surface area (Å²) < 4.78 is 235. The highest BCUT2D eigenvalue weighted by Gasteiger charge is 2.23. The second-order valence-corrected chi connectivity index (χ2v) is 27.3. The number of aromatic carboxylic acids is 1. The lowest BCUT2D eigenvalue weighted by Gasteiger charge is -2.09. The molecular formula is C97H63F15O24. The predicted octanol–water partition coefficient (Wildman–Crippen LogP) is 21.8. The molecular weight excluding hydrogens is 1830 g/mol. The first kappa shape index (κ1) is 104. The lowest BCUT2D eigenvalue weighted by atomic mass is 10.1. The summed E-state index contributed by atoms with van der Waals surface area (Å²) in [5, 5.41) is 48.5. The molecule has 0 aliphatic rings. The van der Waals surface area contributed by atoms with Crippen LogP contribution in [-0.4, -0.2) is 91.2 Å². The number of benzene rings is 15. The lowest BCUT2D eigenvalue weighted by Crippen LogP contribution is -2.18. The second kappa shape index (κ2) is 46.2. The molecule has 0 atom stereocenters. The first-order valence-corrected chi connectivity index (χ1v) is 37.5. The fourth-order valence-electron chi connectivity index (χ4n) is 11.5. The van der Waals surface area contributed by atoms with Crippen LogP contribution in [-0.2, 0) is 28.8 Å². The number of carboxylic acids is 3. The molecule has 0 aliphatic carbocycles. The zero-order valence-corrected chi connectivity index (χ0v) is 67.7. The van der Waals surface area contributed by atoms with E-state index in [1.165, 1.54) is 129 Å². The summed E-state index contributed by atoms with van der Waals surface area (Å²) in [6.45, 7) is 2.61. The van der Waals surface area contributed by atoms with Crippen molar-refractivity contribution in [3.63, 3.8) is 0 Å². The molecule has 39 heteroatoms. The van der Waals surface area contributed by atoms with E-state index in [0.29, 0.717) is 115 Å². The summed E-state index contributed by atoms with van der Waals surface area (Å²) in [7, 11) is 0. The minimum absolute atomic E-state index is 0. The van der Waals surface area contributed by atoms with Crippen LogP contribution in [0.5, 0.6) is 57.5 Å². The van der Waals surface area contributed by atoms with Gasteiger partial charge in [-0.25, -0.2) is 89.8 Å². The zero-order valence-electron chi connectivity index (χ0n) is 67.7. The van der Waals surface area contributed by atoms with Crippen LogP contribution in [0.25, 0.3) is 53.9 Å². The summed E-state index contributed by atoms with van der Waals surface area (Å²) in [5.74, 6) is -34.4. The normalized spacial score (nSPS) is 10.4. The standard InChI is InChI=1S/C37H18F6O8.C19H11F3O4.C17H9F3O3.C13H10O4.C6H3F3O.C3H4O4.2CH4/c38-28-13-26(14-29(39)34(28)42)50-36(46)22-3-1-20-11-24(7-5-18(20)9-22)48-32(44)17-33(45)49-25-8-6-19-10-23(4-2-21(19)12-25)37(47)51-27-15-30(40)35(43)31(41)16-27;1-10(23)25-14-5-4-11-6-13(3-2-12(11)7-14)19(24)26-15-8-16(20)18(22)17(21)9-15;18-14-7-13(8-15(19)16(14)20)23-17(22)11-2-1-10-6-12(21)4-3-9(10)5-11;1-8(14)17-12-5-4-9-6-11(13(15)16)3-2-10(9)7-12;7-4-1-3(10)2-5(8)6(4)9;4-2(5)1-3(6)7;;/h1-16H,17H2;2-9H,1H3;1-8,21H;2-7H,1H3,(H,15,16);1-2,10H;1H2,(H,4,5)(H,6,7);2*1H4. The van der Waals surface area contributed by atoms with Gasteiger partial charge in [0.15, 0.2) is 87.3 Å². The average Bonchev–Trinajstić information content (AvgIpc) is 0.816. The molecule has 0 amide bonds. The number of ether oxygens (including phenoxy) is 8. The Bertz CT molecular complexity index is 6920. The molecule has 0 bridgehead atoms. The highest BCUT2D eigenvalue weighted by molar-refractivity contribution is 6.02. The van der Waals surface area contributed by atoms with Crippen LogP contribution in [0.2, 0.25) is 0 Å². The SMILES string of the molecule is C.C.CC(=O)Oc1ccc2cc(C(=O)O)ccc2c1.CC(=O)Oc1ccc2cc(C(=O)Oc3cc(F)c(F)c(F)c3)ccc2c1.O=C(CC(=O)Oc1ccc2cc(C(=O)Oc3cc(F)c(F)c(F)c3)ccc2c1)Oc1ccc2cc(C(=O)Oc3cc(F)c(F)c(F)c3)ccc2c1.O=C(O)CC(=O)O.O=C(Oc1cc(F)c(F)c(F)c1)c1ccc2cc(O)ccc2c1.Oc1cc(F)c(F)c(F)c1. The van der Waals surface area contributed by atoms with Gasteiger partial charge in [-0.3, -0.25) is 28.8 Å². The van der Waals surface area contributed by atoms with Crippen LogP contribution in [0.1, 0.15) is 93.3 Å². The molecule has 0 radical (unpaired) electrons. The molecule has 136 heavy (non-hydrogen) atoms. The van der Waals surface area contributed by atoms with Gasteiger partial charge in [0, 0.05) is 74.5 Å². The van der Waals surface area contributed by atoms with Crippen molar-refractivity contribution in [2.24, 2.45) is 0 Å². The molecule has 0 saturated heterocycles. The fourth-order valence-corrected chi connectivity index (χ4v) is 11.5. The van der Waals surface area contributed by atoms with Gasteiger partial charge in [0.25, 0.3) is 0 Å². The number of hydrogen-bond acceptors (Lipinski definition) is 21. The number of phenolic OH excluding ortho intramolecular Hbond substituents is 2. The van der Waals surface area contributed by atoms with Crippen LogP contribution >= 0.6 is 0 Å². The van der Waals surface area contributed by atoms with Crippen molar-refractivity contribution in [1.29, 1.82) is 0 Å². The van der Waals surface area contributed by atoms with Gasteiger partial charge < -0.3 is 63.4 Å². The molecule has 0 saturated carbocycles. The maximum Gasteiger partial charge on any atom is 0.343 e.